The molecule has 17 heavy (non-hydrogen) atoms. The molecule has 96 valence electrons. The smallest absolute Gasteiger partial charge is 0.408 e. The minimum Gasteiger partial charge on any atom is -0.444 e. The van der Waals surface area contributed by atoms with E-state index in [0.717, 1.165) is 10.3 Å². The van der Waals surface area contributed by atoms with Gasteiger partial charge in [0.25, 0.3) is 0 Å². The maximum absolute atomic E-state index is 11.6. The predicted molar refractivity (Wildman–Crippen MR) is 68.7 cm³/mol. The van der Waals surface area contributed by atoms with E-state index in [-0.39, 0.29) is 6.04 Å². The quantitative estimate of drug-likeness (QED) is 0.914. The average molecular weight is 304 g/mol. The molecule has 1 rings (SSSR count). The molecular weight excluding hydrogens is 286 g/mol. The lowest BCUT2D eigenvalue weighted by Crippen LogP contribution is -2.34. The van der Waals surface area contributed by atoms with Gasteiger partial charge in [0.2, 0.25) is 0 Å². The Balaban J connectivity index is 2.60. The van der Waals surface area contributed by atoms with E-state index in [0.29, 0.717) is 0 Å². The van der Waals surface area contributed by atoms with Crippen LogP contribution in [0.5, 0.6) is 0 Å². The van der Waals surface area contributed by atoms with Gasteiger partial charge in [-0.25, -0.2) is 4.79 Å². The average Bonchev–Trinajstić information content (AvgIpc) is 2.43. The van der Waals surface area contributed by atoms with Crippen LogP contribution in [0.1, 0.15) is 39.4 Å². The Hall–Kier alpha value is -1.04. The van der Waals surface area contributed by atoms with Gasteiger partial charge in [-0.15, -0.1) is 0 Å². The second kappa shape index (κ2) is 5.08. The van der Waals surface area contributed by atoms with Crippen molar-refractivity contribution in [1.29, 1.82) is 0 Å². The highest BCUT2D eigenvalue weighted by atomic mass is 79.9. The summed E-state index contributed by atoms with van der Waals surface area (Å²) in [5.41, 5.74) is 0.291. The van der Waals surface area contributed by atoms with Crippen molar-refractivity contribution >= 4 is 22.0 Å². The second-order valence-electron chi connectivity index (χ2n) is 4.88. The zero-order valence-corrected chi connectivity index (χ0v) is 12.3. The van der Waals surface area contributed by atoms with Crippen LogP contribution in [0.15, 0.2) is 10.7 Å². The fraction of sp³-hybridized carbons (Fsp3) is 0.636. The number of ether oxygens (including phenoxy) is 1. The molecule has 0 saturated heterocycles. The number of carbonyl (C=O) groups excluding carboxylic acids is 1. The van der Waals surface area contributed by atoms with Crippen molar-refractivity contribution in [2.45, 2.75) is 39.3 Å². The maximum atomic E-state index is 11.6. The molecule has 0 radical (unpaired) electrons. The first-order chi connectivity index (χ1) is 7.69. The van der Waals surface area contributed by atoms with Crippen molar-refractivity contribution < 1.29 is 9.53 Å². The number of aromatic nitrogens is 2. The van der Waals surface area contributed by atoms with Crippen molar-refractivity contribution in [2.75, 3.05) is 0 Å². The lowest BCUT2D eigenvalue weighted by atomic mass is 10.2. The number of hydrogen-bond donors (Lipinski definition) is 1. The fourth-order valence-electron chi connectivity index (χ4n) is 1.24. The zero-order valence-electron chi connectivity index (χ0n) is 10.7. The van der Waals surface area contributed by atoms with Crippen molar-refractivity contribution in [3.63, 3.8) is 0 Å². The SMILES string of the molecule is CC(NC(=O)OC(C)(C)C)c1cc(Br)n(C)n1. The molecule has 0 spiro atoms. The maximum Gasteiger partial charge on any atom is 0.408 e. The van der Waals surface area contributed by atoms with Crippen LogP contribution in [0.2, 0.25) is 0 Å². The van der Waals surface area contributed by atoms with Gasteiger partial charge in [-0.2, -0.15) is 5.10 Å². The lowest BCUT2D eigenvalue weighted by molar-refractivity contribution is 0.0507. The summed E-state index contributed by atoms with van der Waals surface area (Å²) in [5.74, 6) is 0. The largest absolute Gasteiger partial charge is 0.444 e. The molecule has 5 nitrogen and oxygen atoms in total. The van der Waals surface area contributed by atoms with Crippen molar-refractivity contribution in [3.05, 3.63) is 16.4 Å². The van der Waals surface area contributed by atoms with E-state index < -0.39 is 11.7 Å². The molecule has 0 aliphatic heterocycles. The molecule has 1 amide bonds. The Labute approximate surface area is 110 Å². The van der Waals surface area contributed by atoms with Crippen LogP contribution < -0.4 is 5.32 Å². The van der Waals surface area contributed by atoms with Crippen molar-refractivity contribution in [3.8, 4) is 0 Å². The number of rotatable bonds is 2. The number of nitrogens with zero attached hydrogens (tertiary/aromatic N) is 2. The molecule has 1 unspecified atom stereocenters. The molecule has 0 saturated carbocycles. The highest BCUT2D eigenvalue weighted by molar-refractivity contribution is 9.10. The van der Waals surface area contributed by atoms with E-state index in [1.165, 1.54) is 0 Å². The second-order valence-corrected chi connectivity index (χ2v) is 5.70. The van der Waals surface area contributed by atoms with E-state index in [1.54, 1.807) is 4.68 Å². The predicted octanol–water partition coefficient (Wildman–Crippen LogP) is 2.77. The van der Waals surface area contributed by atoms with Crippen LogP contribution in [-0.2, 0) is 11.8 Å². The lowest BCUT2D eigenvalue weighted by Gasteiger charge is -2.21. The highest BCUT2D eigenvalue weighted by Gasteiger charge is 2.19. The first-order valence-corrected chi connectivity index (χ1v) is 6.17. The molecule has 0 aliphatic carbocycles. The summed E-state index contributed by atoms with van der Waals surface area (Å²) < 4.78 is 7.73. The molecule has 1 atom stereocenters. The van der Waals surface area contributed by atoms with Gasteiger partial charge >= 0.3 is 6.09 Å². The third kappa shape index (κ3) is 4.38. The van der Waals surface area contributed by atoms with Gasteiger partial charge in [0.05, 0.1) is 11.7 Å². The van der Waals surface area contributed by atoms with Gasteiger partial charge in [0, 0.05) is 7.05 Å². The van der Waals surface area contributed by atoms with Crippen LogP contribution in [0, 0.1) is 0 Å². The minimum atomic E-state index is -0.492. The Kier molecular flexibility index (Phi) is 4.19. The molecule has 0 bridgehead atoms. The van der Waals surface area contributed by atoms with Gasteiger partial charge in [-0.05, 0) is 49.7 Å². The summed E-state index contributed by atoms with van der Waals surface area (Å²) in [6.07, 6.45) is -0.438. The third-order valence-electron chi connectivity index (χ3n) is 2.02. The van der Waals surface area contributed by atoms with Gasteiger partial charge in [0.1, 0.15) is 10.2 Å². The molecular formula is C11H18BrN3O2. The number of hydrogen-bond acceptors (Lipinski definition) is 3. The molecule has 1 aromatic rings. The standard InChI is InChI=1S/C11H18BrN3O2/c1-7(8-6-9(12)15(5)14-8)13-10(16)17-11(2,3)4/h6-7H,1-5H3,(H,13,16). The fourth-order valence-corrected chi connectivity index (χ4v) is 1.55. The number of aryl methyl sites for hydroxylation is 1. The number of alkyl carbamates (subject to hydrolysis) is 1. The molecule has 0 fully saturated rings. The van der Waals surface area contributed by atoms with E-state index in [4.69, 9.17) is 4.74 Å². The Morgan fingerprint density at radius 2 is 2.18 bits per heavy atom. The van der Waals surface area contributed by atoms with E-state index in [2.05, 4.69) is 26.3 Å². The summed E-state index contributed by atoms with van der Waals surface area (Å²) in [6.45, 7) is 7.34. The van der Waals surface area contributed by atoms with E-state index in [9.17, 15) is 4.79 Å². The first-order valence-electron chi connectivity index (χ1n) is 5.38. The van der Waals surface area contributed by atoms with E-state index in [1.807, 2.05) is 40.8 Å². The summed E-state index contributed by atoms with van der Waals surface area (Å²) in [4.78, 5) is 11.6. The monoisotopic (exact) mass is 303 g/mol. The minimum absolute atomic E-state index is 0.192. The summed E-state index contributed by atoms with van der Waals surface area (Å²) in [7, 11) is 1.83. The number of halogens is 1. The van der Waals surface area contributed by atoms with Crippen molar-refractivity contribution in [2.24, 2.45) is 7.05 Å². The topological polar surface area (TPSA) is 56.1 Å². The van der Waals surface area contributed by atoms with Crippen LogP contribution >= 0.6 is 15.9 Å². The molecule has 0 aromatic carbocycles. The molecule has 6 heteroatoms. The molecule has 1 heterocycles. The van der Waals surface area contributed by atoms with Gasteiger partial charge in [-0.1, -0.05) is 0 Å². The van der Waals surface area contributed by atoms with Crippen LogP contribution in [0.4, 0.5) is 4.79 Å². The number of carbonyl (C=O) groups is 1. The van der Waals surface area contributed by atoms with Crippen LogP contribution in [0.25, 0.3) is 0 Å². The number of amides is 1. The Morgan fingerprint density at radius 3 is 2.59 bits per heavy atom. The van der Waals surface area contributed by atoms with Gasteiger partial charge in [0.15, 0.2) is 0 Å². The van der Waals surface area contributed by atoms with Crippen molar-refractivity contribution in [1.82, 2.24) is 15.1 Å². The van der Waals surface area contributed by atoms with Crippen LogP contribution in [-0.4, -0.2) is 21.5 Å². The molecule has 1 aromatic heterocycles. The summed E-state index contributed by atoms with van der Waals surface area (Å²) in [5, 5.41) is 6.99. The highest BCUT2D eigenvalue weighted by Crippen LogP contribution is 2.17. The summed E-state index contributed by atoms with van der Waals surface area (Å²) >= 11 is 3.36. The summed E-state index contributed by atoms with van der Waals surface area (Å²) in [6, 6.07) is 1.67. The molecule has 1 N–H and O–H groups in total. The Bertz CT molecular complexity index is 390. The normalized spacial score (nSPS) is 13.3. The first kappa shape index (κ1) is 14.0. The Morgan fingerprint density at radius 1 is 1.59 bits per heavy atom. The van der Waals surface area contributed by atoms with Crippen LogP contribution in [0.3, 0.4) is 0 Å². The number of nitrogens with one attached hydrogen (secondary N) is 1. The van der Waals surface area contributed by atoms with Gasteiger partial charge < -0.3 is 10.1 Å². The zero-order chi connectivity index (χ0) is 13.2. The molecule has 0 aliphatic rings. The third-order valence-corrected chi connectivity index (χ3v) is 2.76. The van der Waals surface area contributed by atoms with E-state index >= 15 is 0 Å². The van der Waals surface area contributed by atoms with Gasteiger partial charge in [-0.3, -0.25) is 4.68 Å².